The maximum Gasteiger partial charge on any atom is 0.251 e. The maximum atomic E-state index is 13.0. The number of hydrogen-bond acceptors (Lipinski definition) is 2. The van der Waals surface area contributed by atoms with Gasteiger partial charge in [-0.3, -0.25) is 9.36 Å². The van der Waals surface area contributed by atoms with Gasteiger partial charge in [0, 0.05) is 17.8 Å². The van der Waals surface area contributed by atoms with Gasteiger partial charge in [-0.25, -0.2) is 9.37 Å². The minimum atomic E-state index is -0.292. The highest BCUT2D eigenvalue weighted by atomic mass is 19.1. The molecule has 1 N–H and O–H groups in total. The van der Waals surface area contributed by atoms with E-state index in [0.717, 1.165) is 22.3 Å². The summed E-state index contributed by atoms with van der Waals surface area (Å²) in [5.74, 6) is -0.480. The van der Waals surface area contributed by atoms with Gasteiger partial charge in [-0.2, -0.15) is 0 Å². The number of hydrogen-bond donors (Lipinski definition) is 1. The second kappa shape index (κ2) is 7.27. The van der Waals surface area contributed by atoms with Crippen LogP contribution in [0.4, 0.5) is 4.39 Å². The molecule has 1 amide bonds. The number of fused-ring (bicyclic) bond motifs is 1. The molecule has 0 aliphatic carbocycles. The van der Waals surface area contributed by atoms with Crippen molar-refractivity contribution in [2.24, 2.45) is 0 Å². The number of aryl methyl sites for hydroxylation is 2. The fourth-order valence-corrected chi connectivity index (χ4v) is 3.34. The van der Waals surface area contributed by atoms with E-state index in [0.29, 0.717) is 12.1 Å². The third-order valence-corrected chi connectivity index (χ3v) is 4.66. The van der Waals surface area contributed by atoms with Crippen molar-refractivity contribution < 1.29 is 9.18 Å². The third kappa shape index (κ3) is 3.64. The van der Waals surface area contributed by atoms with E-state index < -0.39 is 0 Å². The van der Waals surface area contributed by atoms with Gasteiger partial charge in [-0.05, 0) is 73.0 Å². The number of carbonyl (C=O) groups is 1. The number of amides is 1. The Morgan fingerprint density at radius 2 is 1.71 bits per heavy atom. The molecule has 1 heterocycles. The molecule has 0 unspecified atom stereocenters. The normalized spacial score (nSPS) is 11.0. The highest BCUT2D eigenvalue weighted by molar-refractivity contribution is 5.97. The van der Waals surface area contributed by atoms with Crippen LogP contribution in [0.15, 0.2) is 67.0 Å². The predicted octanol–water partition coefficient (Wildman–Crippen LogP) is 4.71. The number of nitrogens with zero attached hydrogens (tertiary/aromatic N) is 2. The van der Waals surface area contributed by atoms with Gasteiger partial charge >= 0.3 is 0 Å². The Bertz CT molecular complexity index is 1140. The summed E-state index contributed by atoms with van der Waals surface area (Å²) < 4.78 is 15.0. The molecule has 3 aromatic carbocycles. The van der Waals surface area contributed by atoms with Crippen LogP contribution < -0.4 is 5.32 Å². The lowest BCUT2D eigenvalue weighted by atomic mass is 10.1. The van der Waals surface area contributed by atoms with E-state index in [9.17, 15) is 9.18 Å². The summed E-state index contributed by atoms with van der Waals surface area (Å²) in [6, 6.07) is 17.9. The molecule has 28 heavy (non-hydrogen) atoms. The van der Waals surface area contributed by atoms with Crippen LogP contribution >= 0.6 is 0 Å². The quantitative estimate of drug-likeness (QED) is 0.563. The Morgan fingerprint density at radius 3 is 2.43 bits per heavy atom. The molecule has 4 rings (SSSR count). The summed E-state index contributed by atoms with van der Waals surface area (Å²) in [5, 5.41) is 2.86. The van der Waals surface area contributed by atoms with Gasteiger partial charge in [0.1, 0.15) is 12.1 Å². The van der Waals surface area contributed by atoms with Crippen LogP contribution in [-0.2, 0) is 6.54 Å². The molecule has 5 heteroatoms. The first-order valence-electron chi connectivity index (χ1n) is 9.08. The van der Waals surface area contributed by atoms with Crippen LogP contribution in [-0.4, -0.2) is 15.5 Å². The van der Waals surface area contributed by atoms with Gasteiger partial charge in [0.2, 0.25) is 0 Å². The molecule has 0 saturated heterocycles. The molecule has 0 saturated carbocycles. The lowest BCUT2D eigenvalue weighted by molar-refractivity contribution is 0.0951. The zero-order valence-electron chi connectivity index (χ0n) is 15.7. The minimum Gasteiger partial charge on any atom is -0.348 e. The lowest BCUT2D eigenvalue weighted by Crippen LogP contribution is -2.22. The zero-order valence-corrected chi connectivity index (χ0v) is 15.7. The van der Waals surface area contributed by atoms with E-state index in [1.165, 1.54) is 23.3 Å². The van der Waals surface area contributed by atoms with Gasteiger partial charge < -0.3 is 5.32 Å². The zero-order chi connectivity index (χ0) is 19.7. The van der Waals surface area contributed by atoms with E-state index >= 15 is 0 Å². The first-order valence-corrected chi connectivity index (χ1v) is 9.08. The number of imidazole rings is 1. The smallest absolute Gasteiger partial charge is 0.251 e. The van der Waals surface area contributed by atoms with Crippen LogP contribution in [0.3, 0.4) is 0 Å². The minimum absolute atomic E-state index is 0.188. The van der Waals surface area contributed by atoms with Crippen LogP contribution in [0.1, 0.15) is 27.0 Å². The fraction of sp³-hybridized carbons (Fsp3) is 0.130. The molecule has 1 aromatic heterocycles. The number of halogens is 1. The summed E-state index contributed by atoms with van der Waals surface area (Å²) in [5.41, 5.74) is 6.51. The average molecular weight is 373 g/mol. The van der Waals surface area contributed by atoms with E-state index in [4.69, 9.17) is 0 Å². The average Bonchev–Trinajstić information content (AvgIpc) is 3.10. The molecule has 0 radical (unpaired) electrons. The highest BCUT2D eigenvalue weighted by Gasteiger charge is 2.11. The summed E-state index contributed by atoms with van der Waals surface area (Å²) in [7, 11) is 0. The van der Waals surface area contributed by atoms with Crippen molar-refractivity contribution in [1.29, 1.82) is 0 Å². The van der Waals surface area contributed by atoms with Gasteiger partial charge in [-0.15, -0.1) is 0 Å². The SMILES string of the molecule is Cc1cc(C)cc(-n2cnc3cc(C(=O)NCc4ccc(F)cc4)ccc32)c1. The molecular weight excluding hydrogens is 353 g/mol. The van der Waals surface area contributed by atoms with Crippen molar-refractivity contribution in [3.63, 3.8) is 0 Å². The van der Waals surface area contributed by atoms with E-state index in [1.807, 2.05) is 10.6 Å². The Morgan fingerprint density at radius 1 is 1.00 bits per heavy atom. The Hall–Kier alpha value is -3.47. The monoisotopic (exact) mass is 373 g/mol. The fourth-order valence-electron chi connectivity index (χ4n) is 3.34. The molecule has 0 fully saturated rings. The summed E-state index contributed by atoms with van der Waals surface area (Å²) in [6.07, 6.45) is 1.78. The molecule has 4 aromatic rings. The molecular formula is C23H20FN3O. The summed E-state index contributed by atoms with van der Waals surface area (Å²) >= 11 is 0. The van der Waals surface area contributed by atoms with E-state index in [-0.39, 0.29) is 11.7 Å². The summed E-state index contributed by atoms with van der Waals surface area (Å²) in [6.45, 7) is 4.48. The lowest BCUT2D eigenvalue weighted by Gasteiger charge is -2.08. The Balaban J connectivity index is 1.56. The first-order chi connectivity index (χ1) is 13.5. The van der Waals surface area contributed by atoms with Gasteiger partial charge in [0.25, 0.3) is 5.91 Å². The van der Waals surface area contributed by atoms with Crippen molar-refractivity contribution in [3.8, 4) is 5.69 Å². The number of rotatable bonds is 4. The van der Waals surface area contributed by atoms with Crippen LogP contribution in [0.5, 0.6) is 0 Å². The molecule has 4 nitrogen and oxygen atoms in total. The van der Waals surface area contributed by atoms with E-state index in [2.05, 4.69) is 42.3 Å². The van der Waals surface area contributed by atoms with Crippen molar-refractivity contribution in [3.05, 3.63) is 95.1 Å². The van der Waals surface area contributed by atoms with Crippen LogP contribution in [0.2, 0.25) is 0 Å². The molecule has 0 aliphatic heterocycles. The summed E-state index contributed by atoms with van der Waals surface area (Å²) in [4.78, 5) is 16.9. The highest BCUT2D eigenvalue weighted by Crippen LogP contribution is 2.21. The van der Waals surface area contributed by atoms with Gasteiger partial charge in [0.05, 0.1) is 11.0 Å². The molecule has 0 bridgehead atoms. The van der Waals surface area contributed by atoms with Crippen LogP contribution in [0.25, 0.3) is 16.7 Å². The first kappa shape index (κ1) is 17.9. The predicted molar refractivity (Wildman–Crippen MR) is 108 cm³/mol. The van der Waals surface area contributed by atoms with E-state index in [1.54, 1.807) is 30.6 Å². The van der Waals surface area contributed by atoms with Crippen LogP contribution in [0, 0.1) is 19.7 Å². The molecule has 0 aliphatic rings. The van der Waals surface area contributed by atoms with Crippen molar-refractivity contribution in [2.75, 3.05) is 0 Å². The van der Waals surface area contributed by atoms with Crippen molar-refractivity contribution in [2.45, 2.75) is 20.4 Å². The third-order valence-electron chi connectivity index (χ3n) is 4.66. The molecule has 140 valence electrons. The number of carbonyl (C=O) groups excluding carboxylic acids is 1. The molecule has 0 spiro atoms. The van der Waals surface area contributed by atoms with Gasteiger partial charge in [0.15, 0.2) is 0 Å². The Kier molecular flexibility index (Phi) is 4.65. The second-order valence-corrected chi connectivity index (χ2v) is 6.97. The second-order valence-electron chi connectivity index (χ2n) is 6.97. The van der Waals surface area contributed by atoms with Crippen molar-refractivity contribution in [1.82, 2.24) is 14.9 Å². The number of benzene rings is 3. The molecule has 0 atom stereocenters. The maximum absolute atomic E-state index is 13.0. The largest absolute Gasteiger partial charge is 0.348 e. The number of aromatic nitrogens is 2. The number of nitrogens with one attached hydrogen (secondary N) is 1. The van der Waals surface area contributed by atoms with Gasteiger partial charge in [-0.1, -0.05) is 18.2 Å². The Labute approximate surface area is 162 Å². The standard InChI is InChI=1S/C23H20FN3O/c1-15-9-16(2)11-20(10-15)27-14-26-21-12-18(5-8-22(21)27)23(28)25-13-17-3-6-19(24)7-4-17/h3-12,14H,13H2,1-2H3,(H,25,28). The van der Waals surface area contributed by atoms with Crippen molar-refractivity contribution >= 4 is 16.9 Å². The topological polar surface area (TPSA) is 46.9 Å².